The van der Waals surface area contributed by atoms with E-state index in [1.807, 2.05) is 11.9 Å². The van der Waals surface area contributed by atoms with Crippen LogP contribution >= 0.6 is 11.6 Å². The molecule has 0 unspecified atom stereocenters. The van der Waals surface area contributed by atoms with Crippen molar-refractivity contribution in [3.8, 4) is 0 Å². The van der Waals surface area contributed by atoms with Crippen molar-refractivity contribution in [3.05, 3.63) is 0 Å². The van der Waals surface area contributed by atoms with Gasteiger partial charge in [0.25, 0.3) is 0 Å². The van der Waals surface area contributed by atoms with Crippen LogP contribution in [-0.4, -0.2) is 87.6 Å². The molecule has 2 rings (SSSR count). The first-order chi connectivity index (χ1) is 12.2. The molecule has 0 aromatic rings. The Hall–Kier alpha value is -0.930. The summed E-state index contributed by atoms with van der Waals surface area (Å²) in [4.78, 5) is 26.4. The number of hydrogen-bond acceptors (Lipinski definition) is 7. The number of amides is 1. The van der Waals surface area contributed by atoms with E-state index in [0.29, 0.717) is 5.92 Å². The second-order valence-electron chi connectivity index (χ2n) is 7.39. The van der Waals surface area contributed by atoms with Crippen LogP contribution in [0.2, 0.25) is 0 Å². The van der Waals surface area contributed by atoms with Gasteiger partial charge in [0.05, 0.1) is 17.5 Å². The molecule has 9 heteroatoms. The van der Waals surface area contributed by atoms with Crippen LogP contribution in [0.25, 0.3) is 0 Å². The first-order valence-corrected chi connectivity index (χ1v) is 9.50. The van der Waals surface area contributed by atoms with Crippen LogP contribution in [0, 0.1) is 5.92 Å². The fourth-order valence-corrected chi connectivity index (χ4v) is 4.03. The molecule has 8 nitrogen and oxygen atoms in total. The van der Waals surface area contributed by atoms with Crippen molar-refractivity contribution < 1.29 is 29.6 Å². The lowest BCUT2D eigenvalue weighted by Crippen LogP contribution is -2.64. The van der Waals surface area contributed by atoms with Gasteiger partial charge in [-0.1, -0.05) is 13.3 Å². The van der Waals surface area contributed by atoms with Gasteiger partial charge in [-0.3, -0.25) is 9.69 Å². The Labute approximate surface area is 158 Å². The number of carbonyl (C=O) groups excluding carboxylic acids is 2. The van der Waals surface area contributed by atoms with E-state index < -0.39 is 41.8 Å². The van der Waals surface area contributed by atoms with Crippen LogP contribution in [0.1, 0.15) is 33.1 Å². The molecule has 2 heterocycles. The molecule has 0 aromatic carbocycles. The third kappa shape index (κ3) is 4.48. The molecule has 0 spiro atoms. The van der Waals surface area contributed by atoms with Gasteiger partial charge in [-0.05, 0) is 32.7 Å². The molecule has 26 heavy (non-hydrogen) atoms. The summed E-state index contributed by atoms with van der Waals surface area (Å²) in [6, 6.07) is -1.22. The van der Waals surface area contributed by atoms with E-state index in [-0.39, 0.29) is 11.9 Å². The molecule has 1 amide bonds. The second-order valence-corrected chi connectivity index (χ2v) is 8.07. The molecule has 4 N–H and O–H groups in total. The van der Waals surface area contributed by atoms with E-state index >= 15 is 0 Å². The normalized spacial score (nSPS) is 37.9. The van der Waals surface area contributed by atoms with E-state index in [0.717, 1.165) is 25.8 Å². The number of aliphatic hydroxyl groups is 3. The van der Waals surface area contributed by atoms with Gasteiger partial charge < -0.3 is 25.4 Å². The molecule has 2 aliphatic heterocycles. The number of aliphatic hydroxyl groups excluding tert-OH is 3. The molecular weight excluding hydrogens is 364 g/mol. The van der Waals surface area contributed by atoms with Gasteiger partial charge in [0.15, 0.2) is 12.2 Å². The Balaban J connectivity index is 2.08. The van der Waals surface area contributed by atoms with Crippen LogP contribution in [-0.2, 0) is 14.3 Å². The largest absolute Gasteiger partial charge is 0.455 e. The number of likely N-dealkylation sites (tertiary alicyclic amines) is 1. The smallest absolute Gasteiger partial charge is 0.338 e. The van der Waals surface area contributed by atoms with Crippen molar-refractivity contribution >= 4 is 23.5 Å². The number of hydrogen-bond donors (Lipinski definition) is 4. The van der Waals surface area contributed by atoms with Crippen LogP contribution < -0.4 is 5.32 Å². The second kappa shape index (κ2) is 8.84. The molecule has 2 aliphatic rings. The summed E-state index contributed by atoms with van der Waals surface area (Å²) < 4.78 is 5.04. The first kappa shape index (κ1) is 21.4. The summed E-state index contributed by atoms with van der Waals surface area (Å²) in [7, 11) is 1.88. The minimum absolute atomic E-state index is 0.257. The lowest BCUT2D eigenvalue weighted by atomic mass is 9.92. The van der Waals surface area contributed by atoms with E-state index in [1.54, 1.807) is 6.92 Å². The number of cyclic esters (lactones) is 1. The number of alkyl halides is 1. The van der Waals surface area contributed by atoms with Crippen LogP contribution in [0.3, 0.4) is 0 Å². The standard InChI is InChI=1S/C17H29ClN2O6/c1-4-5-9-6-10(20(3)7-9)16(24)19-11(8(2)18)15-13(22)12(21)14(23)17(25)26-15/h8-15,21-23H,4-7H2,1-3H3,(H,19,24)/t8-,9+,10-,11+,12-,13+,14+,15+/m0/s1. The monoisotopic (exact) mass is 392 g/mol. The minimum Gasteiger partial charge on any atom is -0.455 e. The molecule has 0 radical (unpaired) electrons. The number of nitrogens with zero attached hydrogens (tertiary/aromatic N) is 1. The Morgan fingerprint density at radius 1 is 1.38 bits per heavy atom. The van der Waals surface area contributed by atoms with Crippen molar-refractivity contribution in [2.75, 3.05) is 13.6 Å². The van der Waals surface area contributed by atoms with Gasteiger partial charge in [-0.2, -0.15) is 0 Å². The highest BCUT2D eigenvalue weighted by Gasteiger charge is 2.49. The molecule has 0 saturated carbocycles. The maximum absolute atomic E-state index is 12.8. The van der Waals surface area contributed by atoms with Gasteiger partial charge in [-0.25, -0.2) is 4.79 Å². The Bertz CT molecular complexity index is 519. The van der Waals surface area contributed by atoms with Crippen molar-refractivity contribution in [1.82, 2.24) is 10.2 Å². The van der Waals surface area contributed by atoms with Gasteiger partial charge in [-0.15, -0.1) is 11.6 Å². The number of halogens is 1. The molecular formula is C17H29ClN2O6. The van der Waals surface area contributed by atoms with Crippen molar-refractivity contribution in [3.63, 3.8) is 0 Å². The molecule has 0 bridgehead atoms. The average Bonchev–Trinajstić information content (AvgIpc) is 2.95. The highest BCUT2D eigenvalue weighted by molar-refractivity contribution is 6.21. The molecule has 2 fully saturated rings. The van der Waals surface area contributed by atoms with Crippen molar-refractivity contribution in [2.24, 2.45) is 5.92 Å². The summed E-state index contributed by atoms with van der Waals surface area (Å²) in [6.07, 6.45) is -3.48. The Morgan fingerprint density at radius 3 is 2.62 bits per heavy atom. The number of likely N-dealkylation sites (N-methyl/N-ethyl adjacent to an activating group) is 1. The average molecular weight is 393 g/mol. The third-order valence-corrected chi connectivity index (χ3v) is 5.57. The van der Waals surface area contributed by atoms with Crippen LogP contribution in [0.15, 0.2) is 0 Å². The fraction of sp³-hybridized carbons (Fsp3) is 0.882. The zero-order chi connectivity index (χ0) is 19.6. The predicted molar refractivity (Wildman–Crippen MR) is 94.6 cm³/mol. The number of carbonyl (C=O) groups is 2. The van der Waals surface area contributed by atoms with Gasteiger partial charge >= 0.3 is 5.97 Å². The maximum atomic E-state index is 12.8. The fourth-order valence-electron chi connectivity index (χ4n) is 3.83. The molecule has 0 aromatic heterocycles. The van der Waals surface area contributed by atoms with Crippen molar-refractivity contribution in [1.29, 1.82) is 0 Å². The van der Waals surface area contributed by atoms with Gasteiger partial charge in [0.1, 0.15) is 12.2 Å². The van der Waals surface area contributed by atoms with E-state index in [2.05, 4.69) is 12.2 Å². The maximum Gasteiger partial charge on any atom is 0.338 e. The topological polar surface area (TPSA) is 119 Å². The highest BCUT2D eigenvalue weighted by atomic mass is 35.5. The lowest BCUT2D eigenvalue weighted by molar-refractivity contribution is -0.206. The summed E-state index contributed by atoms with van der Waals surface area (Å²) in [5.41, 5.74) is 0. The Morgan fingerprint density at radius 2 is 2.04 bits per heavy atom. The molecule has 0 aliphatic carbocycles. The van der Waals surface area contributed by atoms with Crippen LogP contribution in [0.4, 0.5) is 0 Å². The molecule has 150 valence electrons. The molecule has 8 atom stereocenters. The van der Waals surface area contributed by atoms with Crippen LogP contribution in [0.5, 0.6) is 0 Å². The molecule has 2 saturated heterocycles. The quantitative estimate of drug-likeness (QED) is 0.346. The third-order valence-electron chi connectivity index (χ3n) is 5.30. The Kier molecular flexibility index (Phi) is 7.27. The summed E-state index contributed by atoms with van der Waals surface area (Å²) in [6.45, 7) is 4.54. The lowest BCUT2D eigenvalue weighted by Gasteiger charge is -2.39. The summed E-state index contributed by atoms with van der Waals surface area (Å²) >= 11 is 6.16. The van der Waals surface area contributed by atoms with E-state index in [9.17, 15) is 24.9 Å². The number of esters is 1. The number of nitrogens with one attached hydrogen (secondary N) is 1. The predicted octanol–water partition coefficient (Wildman–Crippen LogP) is -0.773. The first-order valence-electron chi connectivity index (χ1n) is 9.06. The van der Waals surface area contributed by atoms with E-state index in [1.165, 1.54) is 0 Å². The van der Waals surface area contributed by atoms with Gasteiger partial charge in [0.2, 0.25) is 5.91 Å². The zero-order valence-corrected chi connectivity index (χ0v) is 16.1. The number of rotatable bonds is 6. The minimum atomic E-state index is -1.82. The SMILES string of the molecule is CCC[C@@H]1C[C@@H](C(=O)N[C@@H]([C@H]2OC(=O)[C@H](O)[C@@H](O)[C@H]2O)[C@H](C)Cl)N(C)C1. The number of ether oxygens (including phenoxy) is 1. The summed E-state index contributed by atoms with van der Waals surface area (Å²) in [5.74, 6) is -0.861. The summed E-state index contributed by atoms with van der Waals surface area (Å²) in [5, 5.41) is 31.6. The van der Waals surface area contributed by atoms with Gasteiger partial charge in [0, 0.05) is 6.54 Å². The van der Waals surface area contributed by atoms with Crippen molar-refractivity contribution in [2.45, 2.75) is 75.0 Å². The van der Waals surface area contributed by atoms with E-state index in [4.69, 9.17) is 16.3 Å². The highest BCUT2D eigenvalue weighted by Crippen LogP contribution is 2.27. The zero-order valence-electron chi connectivity index (χ0n) is 15.3.